The molecule has 25 heavy (non-hydrogen) atoms. The van der Waals surface area contributed by atoms with Crippen molar-refractivity contribution in [3.05, 3.63) is 57.6 Å². The Kier molecular flexibility index (Phi) is 5.11. The lowest BCUT2D eigenvalue weighted by molar-refractivity contribution is -0.384. The van der Waals surface area contributed by atoms with E-state index in [4.69, 9.17) is 4.74 Å². The van der Waals surface area contributed by atoms with E-state index in [0.717, 1.165) is 12.3 Å². The molecule has 0 amide bonds. The number of phenols is 1. The topological polar surface area (TPSA) is 97.0 Å². The fraction of sp³-hybridized carbons (Fsp3) is 0.133. The normalized spacial score (nSPS) is 11.5. The second-order valence-corrected chi connectivity index (χ2v) is 4.78. The highest BCUT2D eigenvalue weighted by molar-refractivity contribution is 5.84. The lowest BCUT2D eigenvalue weighted by Gasteiger charge is -2.08. The molecule has 0 atom stereocenters. The summed E-state index contributed by atoms with van der Waals surface area (Å²) >= 11 is 0. The van der Waals surface area contributed by atoms with Crippen LogP contribution in [0.4, 0.5) is 24.5 Å². The molecule has 10 heteroatoms. The Morgan fingerprint density at radius 2 is 2.00 bits per heavy atom. The predicted molar refractivity (Wildman–Crippen MR) is 84.0 cm³/mol. The molecular formula is C15H12F3N3O4. The Balaban J connectivity index is 2.27. The highest BCUT2D eigenvalue weighted by Gasteiger charge is 2.33. The molecule has 0 aliphatic heterocycles. The van der Waals surface area contributed by atoms with Crippen LogP contribution in [0.15, 0.2) is 41.5 Å². The van der Waals surface area contributed by atoms with E-state index in [9.17, 15) is 28.4 Å². The van der Waals surface area contributed by atoms with Crippen LogP contribution in [0.3, 0.4) is 0 Å². The zero-order valence-electron chi connectivity index (χ0n) is 12.7. The SMILES string of the molecule is COc1ccc(O)c(/C=N\Nc2ccc(C(F)(F)F)cc2[N+](=O)[O-])c1. The number of nitrogens with one attached hydrogen (secondary N) is 1. The molecular weight excluding hydrogens is 343 g/mol. The molecule has 2 rings (SSSR count). The summed E-state index contributed by atoms with van der Waals surface area (Å²) in [5, 5.41) is 24.4. The number of halogens is 3. The van der Waals surface area contributed by atoms with Gasteiger partial charge in [0.1, 0.15) is 17.2 Å². The van der Waals surface area contributed by atoms with Crippen LogP contribution in [0.5, 0.6) is 11.5 Å². The lowest BCUT2D eigenvalue weighted by Crippen LogP contribution is -2.06. The monoisotopic (exact) mass is 355 g/mol. The van der Waals surface area contributed by atoms with Gasteiger partial charge in [0.25, 0.3) is 5.69 Å². The summed E-state index contributed by atoms with van der Waals surface area (Å²) in [4.78, 5) is 10.0. The fourth-order valence-corrected chi connectivity index (χ4v) is 1.89. The van der Waals surface area contributed by atoms with Gasteiger partial charge in [0.05, 0.1) is 23.8 Å². The van der Waals surface area contributed by atoms with Gasteiger partial charge in [-0.2, -0.15) is 18.3 Å². The van der Waals surface area contributed by atoms with Crippen LogP contribution in [0.25, 0.3) is 0 Å². The first-order chi connectivity index (χ1) is 11.7. The zero-order chi connectivity index (χ0) is 18.6. The molecule has 7 nitrogen and oxygen atoms in total. The third-order valence-electron chi connectivity index (χ3n) is 3.15. The van der Waals surface area contributed by atoms with Crippen LogP contribution in [-0.4, -0.2) is 23.4 Å². The summed E-state index contributed by atoms with van der Waals surface area (Å²) in [7, 11) is 1.43. The molecule has 0 aliphatic carbocycles. The molecule has 2 N–H and O–H groups in total. The minimum atomic E-state index is -4.70. The van der Waals surface area contributed by atoms with Crippen molar-refractivity contribution in [2.75, 3.05) is 12.5 Å². The Hall–Kier alpha value is -3.30. The van der Waals surface area contributed by atoms with E-state index in [-0.39, 0.29) is 17.0 Å². The number of rotatable bonds is 5. The number of nitrogens with zero attached hydrogens (tertiary/aromatic N) is 2. The van der Waals surface area contributed by atoms with Gasteiger partial charge in [-0.3, -0.25) is 15.5 Å². The number of aromatic hydroxyl groups is 1. The molecule has 132 valence electrons. The van der Waals surface area contributed by atoms with E-state index >= 15 is 0 Å². The van der Waals surface area contributed by atoms with Crippen molar-refractivity contribution >= 4 is 17.6 Å². The van der Waals surface area contributed by atoms with E-state index < -0.39 is 22.4 Å². The maximum atomic E-state index is 12.6. The van der Waals surface area contributed by atoms with Crippen LogP contribution >= 0.6 is 0 Å². The van der Waals surface area contributed by atoms with Gasteiger partial charge < -0.3 is 9.84 Å². The summed E-state index contributed by atoms with van der Waals surface area (Å²) in [5.41, 5.74) is 0.405. The van der Waals surface area contributed by atoms with Gasteiger partial charge in [0, 0.05) is 11.6 Å². The van der Waals surface area contributed by atoms with E-state index in [1.54, 1.807) is 0 Å². The molecule has 0 saturated heterocycles. The number of anilines is 1. The first-order valence-electron chi connectivity index (χ1n) is 6.74. The second-order valence-electron chi connectivity index (χ2n) is 4.78. The summed E-state index contributed by atoms with van der Waals surface area (Å²) in [6.07, 6.45) is -3.54. The Morgan fingerprint density at radius 1 is 1.28 bits per heavy atom. The number of alkyl halides is 3. The van der Waals surface area contributed by atoms with E-state index in [1.165, 1.54) is 25.3 Å². The molecule has 0 unspecified atom stereocenters. The standard InChI is InChI=1S/C15H12F3N3O4/c1-25-11-3-5-14(22)9(6-11)8-19-20-12-4-2-10(15(16,17)18)7-13(12)21(23)24/h2-8,20,22H,1H3/b19-8-. The molecule has 0 fully saturated rings. The van der Waals surface area contributed by atoms with Crippen molar-refractivity contribution in [2.24, 2.45) is 5.10 Å². The fourth-order valence-electron chi connectivity index (χ4n) is 1.89. The number of nitro groups is 1. The van der Waals surface area contributed by atoms with Crippen LogP contribution in [-0.2, 0) is 6.18 Å². The van der Waals surface area contributed by atoms with Crippen molar-refractivity contribution in [2.45, 2.75) is 6.18 Å². The number of methoxy groups -OCH3 is 1. The summed E-state index contributed by atoms with van der Waals surface area (Å²) in [5.74, 6) is 0.327. The first-order valence-corrected chi connectivity index (χ1v) is 6.74. The van der Waals surface area contributed by atoms with E-state index in [1.807, 2.05) is 0 Å². The highest BCUT2D eigenvalue weighted by atomic mass is 19.4. The number of ether oxygens (including phenoxy) is 1. The highest BCUT2D eigenvalue weighted by Crippen LogP contribution is 2.35. The summed E-state index contributed by atoms with van der Waals surface area (Å²) in [6, 6.07) is 6.36. The van der Waals surface area contributed by atoms with Gasteiger partial charge in [-0.05, 0) is 30.3 Å². The van der Waals surface area contributed by atoms with E-state index in [2.05, 4.69) is 10.5 Å². The Labute approximate surface area is 139 Å². The third kappa shape index (κ3) is 4.37. The quantitative estimate of drug-likeness (QED) is 0.483. The largest absolute Gasteiger partial charge is 0.507 e. The van der Waals surface area contributed by atoms with Gasteiger partial charge in [-0.1, -0.05) is 0 Å². The van der Waals surface area contributed by atoms with Crippen molar-refractivity contribution in [3.8, 4) is 11.5 Å². The van der Waals surface area contributed by atoms with Crippen LogP contribution < -0.4 is 10.2 Å². The van der Waals surface area contributed by atoms with Gasteiger partial charge in [0.2, 0.25) is 0 Å². The van der Waals surface area contributed by atoms with Gasteiger partial charge in [0.15, 0.2) is 0 Å². The van der Waals surface area contributed by atoms with Gasteiger partial charge in [-0.15, -0.1) is 0 Å². The van der Waals surface area contributed by atoms with E-state index in [0.29, 0.717) is 17.9 Å². The minimum absolute atomic E-state index is 0.117. The molecule has 0 radical (unpaired) electrons. The zero-order valence-corrected chi connectivity index (χ0v) is 12.7. The van der Waals surface area contributed by atoms with Crippen molar-refractivity contribution in [1.82, 2.24) is 0 Å². The lowest BCUT2D eigenvalue weighted by atomic mass is 10.1. The first kappa shape index (κ1) is 18.0. The average molecular weight is 355 g/mol. The number of hydrogen-bond acceptors (Lipinski definition) is 6. The molecule has 0 bridgehead atoms. The number of nitro benzene ring substituents is 1. The maximum Gasteiger partial charge on any atom is 0.416 e. The number of benzene rings is 2. The molecule has 0 aliphatic rings. The van der Waals surface area contributed by atoms with Crippen molar-refractivity contribution in [1.29, 1.82) is 0 Å². The Morgan fingerprint density at radius 3 is 2.60 bits per heavy atom. The predicted octanol–water partition coefficient (Wildman–Crippen LogP) is 3.77. The van der Waals surface area contributed by atoms with Gasteiger partial charge in [-0.25, -0.2) is 0 Å². The van der Waals surface area contributed by atoms with Crippen molar-refractivity contribution in [3.63, 3.8) is 0 Å². The summed E-state index contributed by atoms with van der Waals surface area (Å²) < 4.78 is 42.9. The molecule has 2 aromatic rings. The molecule has 2 aromatic carbocycles. The second kappa shape index (κ2) is 7.07. The molecule has 0 aromatic heterocycles. The van der Waals surface area contributed by atoms with Crippen molar-refractivity contribution < 1.29 is 27.9 Å². The minimum Gasteiger partial charge on any atom is -0.507 e. The molecule has 0 spiro atoms. The van der Waals surface area contributed by atoms with Gasteiger partial charge >= 0.3 is 6.18 Å². The molecule has 0 saturated carbocycles. The third-order valence-corrected chi connectivity index (χ3v) is 3.15. The molecule has 0 heterocycles. The van der Waals surface area contributed by atoms with Crippen LogP contribution in [0, 0.1) is 10.1 Å². The summed E-state index contributed by atoms with van der Waals surface area (Å²) in [6.45, 7) is 0. The van der Waals surface area contributed by atoms with Crippen LogP contribution in [0.1, 0.15) is 11.1 Å². The smallest absolute Gasteiger partial charge is 0.416 e. The Bertz CT molecular complexity index is 822. The number of hydrogen-bond donors (Lipinski definition) is 2. The maximum absolute atomic E-state index is 12.6. The number of hydrazone groups is 1. The van der Waals surface area contributed by atoms with Crippen LogP contribution in [0.2, 0.25) is 0 Å². The number of phenolic OH excluding ortho intramolecular Hbond substituents is 1. The average Bonchev–Trinajstić information content (AvgIpc) is 2.55.